The first-order valence-electron chi connectivity index (χ1n) is 7.98. The molecule has 4 aliphatic heterocycles. The Kier molecular flexibility index (Phi) is 5.95. The Bertz CT molecular complexity index is 529. The number of esters is 1. The third-order valence-electron chi connectivity index (χ3n) is 5.43. The topological polar surface area (TPSA) is 41.6 Å². The number of piperidine rings is 3. The highest BCUT2D eigenvalue weighted by atomic mass is 35.5. The molecule has 1 N–H and O–H groups in total. The number of fused-ring (bicyclic) bond motifs is 3. The molecule has 0 aromatic heterocycles. The molecule has 4 heterocycles. The lowest BCUT2D eigenvalue weighted by molar-refractivity contribution is -0.168. The maximum atomic E-state index is 12.8. The molecule has 1 unspecified atom stereocenters. The monoisotopic (exact) mass is 358 g/mol. The van der Waals surface area contributed by atoms with Gasteiger partial charge >= 0.3 is 5.97 Å². The molecule has 0 radical (unpaired) electrons. The fraction of sp³-hybridized carbons (Fsp3) is 0.588. The van der Waals surface area contributed by atoms with Gasteiger partial charge in [-0.15, -0.1) is 24.8 Å². The Balaban J connectivity index is 0.000000960. The third kappa shape index (κ3) is 3.22. The fourth-order valence-electron chi connectivity index (χ4n) is 3.89. The van der Waals surface area contributed by atoms with E-state index in [1.54, 1.807) is 0 Å². The van der Waals surface area contributed by atoms with Gasteiger partial charge in [0.1, 0.15) is 11.5 Å². The SMILES string of the molecule is Cl.Cl.O=C(OC1CN2CCC1CC2)C1(c2ccccc2)CNC1. The van der Waals surface area contributed by atoms with Gasteiger partial charge in [0, 0.05) is 19.6 Å². The summed E-state index contributed by atoms with van der Waals surface area (Å²) >= 11 is 0. The molecular weight excluding hydrogens is 335 g/mol. The van der Waals surface area contributed by atoms with Crippen LogP contribution in [0.25, 0.3) is 0 Å². The van der Waals surface area contributed by atoms with Crippen LogP contribution in [-0.4, -0.2) is 49.7 Å². The minimum atomic E-state index is -0.465. The van der Waals surface area contributed by atoms with Crippen molar-refractivity contribution in [2.75, 3.05) is 32.7 Å². The van der Waals surface area contributed by atoms with E-state index in [-0.39, 0.29) is 36.9 Å². The number of rotatable bonds is 3. The summed E-state index contributed by atoms with van der Waals surface area (Å²) in [5.74, 6) is 0.533. The van der Waals surface area contributed by atoms with Gasteiger partial charge in [0.15, 0.2) is 0 Å². The van der Waals surface area contributed by atoms with E-state index < -0.39 is 5.41 Å². The van der Waals surface area contributed by atoms with Crippen molar-refractivity contribution >= 4 is 30.8 Å². The summed E-state index contributed by atoms with van der Waals surface area (Å²) in [5.41, 5.74) is 0.614. The molecule has 0 saturated carbocycles. The van der Waals surface area contributed by atoms with E-state index in [1.165, 1.54) is 25.9 Å². The van der Waals surface area contributed by atoms with Crippen LogP contribution in [0.1, 0.15) is 18.4 Å². The summed E-state index contributed by atoms with van der Waals surface area (Å²) in [7, 11) is 0. The molecule has 0 aliphatic carbocycles. The molecule has 23 heavy (non-hydrogen) atoms. The van der Waals surface area contributed by atoms with Crippen molar-refractivity contribution in [1.82, 2.24) is 10.2 Å². The van der Waals surface area contributed by atoms with E-state index in [1.807, 2.05) is 30.3 Å². The first-order chi connectivity index (χ1) is 10.3. The molecule has 5 rings (SSSR count). The molecule has 4 nitrogen and oxygen atoms in total. The Hall–Kier alpha value is -0.810. The number of hydrogen-bond donors (Lipinski definition) is 1. The lowest BCUT2D eigenvalue weighted by atomic mass is 9.75. The van der Waals surface area contributed by atoms with Gasteiger partial charge in [0.2, 0.25) is 0 Å². The van der Waals surface area contributed by atoms with Gasteiger partial charge in [0.05, 0.1) is 0 Å². The van der Waals surface area contributed by atoms with Crippen LogP contribution < -0.4 is 5.32 Å². The molecule has 4 saturated heterocycles. The van der Waals surface area contributed by atoms with Gasteiger partial charge in [-0.2, -0.15) is 0 Å². The van der Waals surface area contributed by atoms with Crippen LogP contribution in [0, 0.1) is 5.92 Å². The summed E-state index contributed by atoms with van der Waals surface area (Å²) in [4.78, 5) is 15.2. The maximum absolute atomic E-state index is 12.8. The summed E-state index contributed by atoms with van der Waals surface area (Å²) in [6.45, 7) is 4.65. The van der Waals surface area contributed by atoms with Crippen molar-refractivity contribution in [1.29, 1.82) is 0 Å². The summed E-state index contributed by atoms with van der Waals surface area (Å²) < 4.78 is 5.97. The zero-order valence-electron chi connectivity index (χ0n) is 13.1. The number of carbonyl (C=O) groups is 1. The smallest absolute Gasteiger partial charge is 0.319 e. The third-order valence-corrected chi connectivity index (χ3v) is 5.43. The van der Waals surface area contributed by atoms with Crippen LogP contribution in [0.4, 0.5) is 0 Å². The van der Waals surface area contributed by atoms with Gasteiger partial charge in [-0.3, -0.25) is 9.69 Å². The average Bonchev–Trinajstić information content (AvgIpc) is 2.48. The Morgan fingerprint density at radius 3 is 2.26 bits per heavy atom. The second-order valence-electron chi connectivity index (χ2n) is 6.63. The molecular formula is C17H24Cl2N2O2. The van der Waals surface area contributed by atoms with Crippen molar-refractivity contribution in [3.8, 4) is 0 Å². The highest BCUT2D eigenvalue weighted by molar-refractivity contribution is 5.86. The summed E-state index contributed by atoms with van der Waals surface area (Å²) in [6.07, 6.45) is 2.45. The Labute approximate surface area is 149 Å². The summed E-state index contributed by atoms with van der Waals surface area (Å²) in [5, 5.41) is 3.24. The van der Waals surface area contributed by atoms with Crippen molar-refractivity contribution in [3.05, 3.63) is 35.9 Å². The highest BCUT2D eigenvalue weighted by Gasteiger charge is 2.49. The number of nitrogens with zero attached hydrogens (tertiary/aromatic N) is 1. The minimum absolute atomic E-state index is 0. The fourth-order valence-corrected chi connectivity index (χ4v) is 3.89. The number of carbonyl (C=O) groups excluding carboxylic acids is 1. The van der Waals surface area contributed by atoms with Gasteiger partial charge in [-0.25, -0.2) is 0 Å². The second-order valence-corrected chi connectivity index (χ2v) is 6.63. The van der Waals surface area contributed by atoms with Crippen LogP contribution >= 0.6 is 24.8 Å². The molecule has 4 aliphatic rings. The largest absolute Gasteiger partial charge is 0.460 e. The number of benzene rings is 1. The van der Waals surface area contributed by atoms with Gasteiger partial charge in [-0.05, 0) is 37.4 Å². The van der Waals surface area contributed by atoms with E-state index >= 15 is 0 Å². The number of halogens is 2. The lowest BCUT2D eigenvalue weighted by Gasteiger charge is -2.46. The molecule has 0 spiro atoms. The molecule has 1 aromatic carbocycles. The van der Waals surface area contributed by atoms with Crippen LogP contribution in [0.3, 0.4) is 0 Å². The predicted molar refractivity (Wildman–Crippen MR) is 94.5 cm³/mol. The standard InChI is InChI=1S/C17H22N2O2.2ClH/c20-16(21-15-10-19-8-6-13(15)7-9-19)17(11-18-12-17)14-4-2-1-3-5-14;;/h1-5,13,15,18H,6-12H2;2*1H. The number of nitrogens with one attached hydrogen (secondary N) is 1. The van der Waals surface area contributed by atoms with Crippen LogP contribution in [0.2, 0.25) is 0 Å². The van der Waals surface area contributed by atoms with Gasteiger partial charge < -0.3 is 10.1 Å². The predicted octanol–water partition coefficient (Wildman–Crippen LogP) is 2.01. The zero-order valence-corrected chi connectivity index (χ0v) is 14.7. The van der Waals surface area contributed by atoms with Crippen LogP contribution in [0.5, 0.6) is 0 Å². The molecule has 1 atom stereocenters. The quantitative estimate of drug-likeness (QED) is 0.839. The highest BCUT2D eigenvalue weighted by Crippen LogP contribution is 2.34. The molecule has 2 bridgehead atoms. The first-order valence-corrected chi connectivity index (χ1v) is 7.98. The van der Waals surface area contributed by atoms with E-state index in [2.05, 4.69) is 10.2 Å². The van der Waals surface area contributed by atoms with Crippen molar-refractivity contribution in [3.63, 3.8) is 0 Å². The molecule has 4 fully saturated rings. The summed E-state index contributed by atoms with van der Waals surface area (Å²) in [6, 6.07) is 10.1. The Morgan fingerprint density at radius 1 is 1.13 bits per heavy atom. The van der Waals surface area contributed by atoms with Crippen molar-refractivity contribution in [2.24, 2.45) is 5.92 Å². The molecule has 128 valence electrons. The van der Waals surface area contributed by atoms with E-state index in [0.29, 0.717) is 19.0 Å². The Morgan fingerprint density at radius 2 is 1.78 bits per heavy atom. The van der Waals surface area contributed by atoms with Gasteiger partial charge in [0.25, 0.3) is 0 Å². The normalized spacial score (nSPS) is 30.3. The van der Waals surface area contributed by atoms with Crippen molar-refractivity contribution in [2.45, 2.75) is 24.4 Å². The first kappa shape index (κ1) is 18.5. The van der Waals surface area contributed by atoms with E-state index in [9.17, 15) is 4.79 Å². The number of hydrogen-bond acceptors (Lipinski definition) is 4. The number of ether oxygens (including phenoxy) is 1. The molecule has 6 heteroatoms. The van der Waals surface area contributed by atoms with Gasteiger partial charge in [-0.1, -0.05) is 30.3 Å². The van der Waals surface area contributed by atoms with Crippen LogP contribution in [-0.2, 0) is 14.9 Å². The van der Waals surface area contributed by atoms with E-state index in [0.717, 1.165) is 12.1 Å². The average molecular weight is 359 g/mol. The molecule has 0 amide bonds. The zero-order chi connectivity index (χ0) is 14.3. The van der Waals surface area contributed by atoms with Crippen LogP contribution in [0.15, 0.2) is 30.3 Å². The second kappa shape index (κ2) is 7.39. The van der Waals surface area contributed by atoms with E-state index in [4.69, 9.17) is 4.74 Å². The lowest BCUT2D eigenvalue weighted by Crippen LogP contribution is -2.63. The maximum Gasteiger partial charge on any atom is 0.319 e. The van der Waals surface area contributed by atoms with Crippen molar-refractivity contribution < 1.29 is 9.53 Å². The molecule has 1 aromatic rings. The minimum Gasteiger partial charge on any atom is -0.460 e.